The molecule has 1 heterocycles. The number of carbonyl (C=O) groups excluding carboxylic acids is 2. The summed E-state index contributed by atoms with van der Waals surface area (Å²) in [5.74, 6) is -0.513. The summed E-state index contributed by atoms with van der Waals surface area (Å²) in [6.07, 6.45) is 3.71. The second-order valence-electron chi connectivity index (χ2n) is 6.95. The molecule has 26 heavy (non-hydrogen) atoms. The summed E-state index contributed by atoms with van der Waals surface area (Å²) in [5, 5.41) is 20.7. The van der Waals surface area contributed by atoms with Crippen LogP contribution in [0.25, 0.3) is 0 Å². The summed E-state index contributed by atoms with van der Waals surface area (Å²) in [6.45, 7) is 2.92. The number of amides is 1. The summed E-state index contributed by atoms with van der Waals surface area (Å²) in [5.41, 5.74) is 0. The highest BCUT2D eigenvalue weighted by Crippen LogP contribution is 2.15. The highest BCUT2D eigenvalue weighted by molar-refractivity contribution is 5.70. The Labute approximate surface area is 155 Å². The van der Waals surface area contributed by atoms with Crippen molar-refractivity contribution in [2.24, 2.45) is 0 Å². The molecule has 8 heteroatoms. The molecule has 0 radical (unpaired) electrons. The summed E-state index contributed by atoms with van der Waals surface area (Å²) in [4.78, 5) is 25.9. The number of likely N-dealkylation sites (N-methyl/N-ethyl adjacent to an activating group) is 1. The number of unbranched alkanes of at least 4 members (excludes halogenated alkanes) is 3. The Bertz CT molecular complexity index is 410. The number of alkyl carbamates (subject to hydrolysis) is 1. The van der Waals surface area contributed by atoms with E-state index in [-0.39, 0.29) is 18.6 Å². The molecule has 1 aliphatic rings. The van der Waals surface area contributed by atoms with Gasteiger partial charge in [-0.1, -0.05) is 26.2 Å². The molecule has 1 atom stereocenters. The lowest BCUT2D eigenvalue weighted by molar-refractivity contribution is -0.154. The number of esters is 1. The average Bonchev–Trinajstić information content (AvgIpc) is 2.59. The average molecular weight is 374 g/mol. The maximum atomic E-state index is 12.0. The number of hydrogen-bond acceptors (Lipinski definition) is 7. The zero-order chi connectivity index (χ0) is 19.4. The lowest BCUT2D eigenvalue weighted by Gasteiger charge is -2.36. The van der Waals surface area contributed by atoms with E-state index in [1.54, 1.807) is 0 Å². The molecule has 0 aliphatic carbocycles. The summed E-state index contributed by atoms with van der Waals surface area (Å²) in [6, 6.07) is 0.119. The van der Waals surface area contributed by atoms with Gasteiger partial charge < -0.3 is 29.9 Å². The van der Waals surface area contributed by atoms with Crippen LogP contribution in [0.2, 0.25) is 0 Å². The summed E-state index contributed by atoms with van der Waals surface area (Å²) < 4.78 is 10.5. The third kappa shape index (κ3) is 9.35. The van der Waals surface area contributed by atoms with Crippen LogP contribution in [-0.2, 0) is 14.3 Å². The predicted octanol–water partition coefficient (Wildman–Crippen LogP) is 1.04. The van der Waals surface area contributed by atoms with Crippen LogP contribution >= 0.6 is 0 Å². The second-order valence-corrected chi connectivity index (χ2v) is 6.95. The van der Waals surface area contributed by atoms with Crippen molar-refractivity contribution in [2.45, 2.75) is 70.1 Å². The molecule has 1 saturated heterocycles. The molecular weight excluding hydrogens is 340 g/mol. The van der Waals surface area contributed by atoms with E-state index in [2.05, 4.69) is 17.1 Å². The lowest BCUT2D eigenvalue weighted by Crippen LogP contribution is -2.57. The van der Waals surface area contributed by atoms with Crippen LogP contribution < -0.4 is 5.32 Å². The van der Waals surface area contributed by atoms with Crippen molar-refractivity contribution in [3.05, 3.63) is 0 Å². The minimum atomic E-state index is -0.898. The first-order valence-electron chi connectivity index (χ1n) is 9.55. The zero-order valence-corrected chi connectivity index (χ0v) is 16.0. The van der Waals surface area contributed by atoms with E-state index in [9.17, 15) is 9.59 Å². The SMILES string of the molecule is CCCCCCC(CCC(=O)OC(CO)CO)OC(=O)NC1CN(C)C1. The topological polar surface area (TPSA) is 108 Å². The van der Waals surface area contributed by atoms with E-state index in [0.717, 1.165) is 38.8 Å². The smallest absolute Gasteiger partial charge is 0.407 e. The van der Waals surface area contributed by atoms with Gasteiger partial charge in [-0.05, 0) is 26.3 Å². The molecule has 0 saturated carbocycles. The lowest BCUT2D eigenvalue weighted by atomic mass is 10.1. The van der Waals surface area contributed by atoms with Gasteiger partial charge in [0.1, 0.15) is 12.2 Å². The fourth-order valence-electron chi connectivity index (χ4n) is 2.86. The normalized spacial score (nSPS) is 16.2. The van der Waals surface area contributed by atoms with Gasteiger partial charge in [0.25, 0.3) is 0 Å². The molecule has 1 aliphatic heterocycles. The van der Waals surface area contributed by atoms with Gasteiger partial charge in [0.15, 0.2) is 0 Å². The Morgan fingerprint density at radius 2 is 1.77 bits per heavy atom. The van der Waals surface area contributed by atoms with Gasteiger partial charge in [-0.3, -0.25) is 4.79 Å². The zero-order valence-electron chi connectivity index (χ0n) is 16.0. The van der Waals surface area contributed by atoms with Gasteiger partial charge in [-0.2, -0.15) is 0 Å². The minimum absolute atomic E-state index is 0.0778. The van der Waals surface area contributed by atoms with Crippen LogP contribution in [0.1, 0.15) is 51.9 Å². The second kappa shape index (κ2) is 12.9. The van der Waals surface area contributed by atoms with Gasteiger partial charge >= 0.3 is 12.1 Å². The fraction of sp³-hybridized carbons (Fsp3) is 0.889. The van der Waals surface area contributed by atoms with Crippen molar-refractivity contribution < 1.29 is 29.3 Å². The largest absolute Gasteiger partial charge is 0.457 e. The van der Waals surface area contributed by atoms with E-state index in [4.69, 9.17) is 19.7 Å². The third-order valence-corrected chi connectivity index (χ3v) is 4.42. The highest BCUT2D eigenvalue weighted by Gasteiger charge is 2.26. The monoisotopic (exact) mass is 374 g/mol. The number of ether oxygens (including phenoxy) is 2. The van der Waals surface area contributed by atoms with Crippen LogP contribution in [0.4, 0.5) is 4.79 Å². The number of nitrogens with one attached hydrogen (secondary N) is 1. The Hall–Kier alpha value is -1.38. The van der Waals surface area contributed by atoms with Crippen molar-refractivity contribution in [3.8, 4) is 0 Å². The van der Waals surface area contributed by atoms with Crippen molar-refractivity contribution in [3.63, 3.8) is 0 Å². The van der Waals surface area contributed by atoms with Crippen LogP contribution in [0.15, 0.2) is 0 Å². The summed E-state index contributed by atoms with van der Waals surface area (Å²) in [7, 11) is 1.98. The number of rotatable bonds is 13. The Morgan fingerprint density at radius 3 is 2.35 bits per heavy atom. The molecule has 1 fully saturated rings. The molecule has 1 amide bonds. The number of aliphatic hydroxyl groups is 2. The molecule has 0 bridgehead atoms. The third-order valence-electron chi connectivity index (χ3n) is 4.42. The first-order chi connectivity index (χ1) is 12.5. The van der Waals surface area contributed by atoms with E-state index in [1.807, 2.05) is 7.05 Å². The Balaban J connectivity index is 2.38. The first kappa shape index (κ1) is 22.7. The molecule has 0 aromatic heterocycles. The van der Waals surface area contributed by atoms with Gasteiger partial charge in [-0.25, -0.2) is 4.79 Å². The van der Waals surface area contributed by atoms with E-state index >= 15 is 0 Å². The molecule has 1 rings (SSSR count). The molecule has 1 unspecified atom stereocenters. The summed E-state index contributed by atoms with van der Waals surface area (Å²) >= 11 is 0. The standard InChI is InChI=1S/C18H34N2O6/c1-3-4-5-6-7-15(8-9-17(23)25-16(12-21)13-22)26-18(24)19-14-10-20(2)11-14/h14-16,21-22H,3-13H2,1-2H3,(H,19,24). The van der Waals surface area contributed by atoms with Crippen LogP contribution in [0, 0.1) is 0 Å². The van der Waals surface area contributed by atoms with E-state index in [1.165, 1.54) is 0 Å². The molecule has 0 aromatic rings. The molecule has 8 nitrogen and oxygen atoms in total. The maximum Gasteiger partial charge on any atom is 0.407 e. The van der Waals surface area contributed by atoms with Gasteiger partial charge in [-0.15, -0.1) is 0 Å². The van der Waals surface area contributed by atoms with E-state index < -0.39 is 31.4 Å². The fourth-order valence-corrected chi connectivity index (χ4v) is 2.86. The first-order valence-corrected chi connectivity index (χ1v) is 9.55. The van der Waals surface area contributed by atoms with Gasteiger partial charge in [0.2, 0.25) is 0 Å². The predicted molar refractivity (Wildman–Crippen MR) is 96.7 cm³/mol. The Morgan fingerprint density at radius 1 is 1.08 bits per heavy atom. The van der Waals surface area contributed by atoms with Crippen molar-refractivity contribution >= 4 is 12.1 Å². The van der Waals surface area contributed by atoms with Gasteiger partial charge in [0, 0.05) is 19.5 Å². The van der Waals surface area contributed by atoms with E-state index in [0.29, 0.717) is 12.8 Å². The van der Waals surface area contributed by atoms with Crippen LogP contribution in [0.5, 0.6) is 0 Å². The maximum absolute atomic E-state index is 12.0. The number of nitrogens with zero attached hydrogens (tertiary/aromatic N) is 1. The van der Waals surface area contributed by atoms with Crippen LogP contribution in [0.3, 0.4) is 0 Å². The van der Waals surface area contributed by atoms with Crippen molar-refractivity contribution in [1.82, 2.24) is 10.2 Å². The number of aliphatic hydroxyl groups excluding tert-OH is 2. The highest BCUT2D eigenvalue weighted by atomic mass is 16.6. The number of likely N-dealkylation sites (tertiary alicyclic amines) is 1. The molecule has 3 N–H and O–H groups in total. The van der Waals surface area contributed by atoms with Gasteiger partial charge in [0.05, 0.1) is 19.3 Å². The van der Waals surface area contributed by atoms with Crippen LogP contribution in [-0.4, -0.2) is 78.8 Å². The Kier molecular flexibility index (Phi) is 11.2. The van der Waals surface area contributed by atoms with Crippen molar-refractivity contribution in [2.75, 3.05) is 33.4 Å². The molecular formula is C18H34N2O6. The minimum Gasteiger partial charge on any atom is -0.457 e. The number of hydrogen-bond donors (Lipinski definition) is 3. The molecule has 0 aromatic carbocycles. The quantitative estimate of drug-likeness (QED) is 0.326. The number of carbonyl (C=O) groups is 2. The van der Waals surface area contributed by atoms with Crippen molar-refractivity contribution in [1.29, 1.82) is 0 Å². The molecule has 0 spiro atoms. The molecule has 152 valence electrons.